The van der Waals surface area contributed by atoms with Crippen molar-refractivity contribution in [2.75, 3.05) is 17.7 Å². The molecule has 0 bridgehead atoms. The number of ether oxygens (including phenoxy) is 1. The lowest BCUT2D eigenvalue weighted by atomic mass is 10.0. The van der Waals surface area contributed by atoms with Crippen molar-refractivity contribution in [3.8, 4) is 11.6 Å². The third-order valence-corrected chi connectivity index (χ3v) is 4.73. The quantitative estimate of drug-likeness (QED) is 0.488. The number of hydrogen-bond acceptors (Lipinski definition) is 6. The van der Waals surface area contributed by atoms with Crippen LogP contribution in [0.5, 0.6) is 11.6 Å². The van der Waals surface area contributed by atoms with Gasteiger partial charge in [0.25, 0.3) is 0 Å². The lowest BCUT2D eigenvalue weighted by Crippen LogP contribution is -2.26. The van der Waals surface area contributed by atoms with Crippen molar-refractivity contribution >= 4 is 23.1 Å². The van der Waals surface area contributed by atoms with E-state index in [4.69, 9.17) is 4.74 Å². The molecule has 0 atom stereocenters. The second-order valence-corrected chi connectivity index (χ2v) is 7.18. The summed E-state index contributed by atoms with van der Waals surface area (Å²) in [5.74, 6) is 0.658. The molecule has 0 aliphatic heterocycles. The maximum atomic E-state index is 14.6. The third kappa shape index (κ3) is 5.12. The molecule has 0 radical (unpaired) electrons. The number of amides is 1. The first-order chi connectivity index (χ1) is 15.5. The molecule has 164 valence electrons. The van der Waals surface area contributed by atoms with Gasteiger partial charge in [-0.15, -0.1) is 5.10 Å². The van der Waals surface area contributed by atoms with Gasteiger partial charge in [-0.3, -0.25) is 4.79 Å². The molecule has 0 saturated heterocycles. The van der Waals surface area contributed by atoms with Crippen LogP contribution in [0.25, 0.3) is 5.65 Å². The predicted octanol–water partition coefficient (Wildman–Crippen LogP) is 4.37. The summed E-state index contributed by atoms with van der Waals surface area (Å²) in [7, 11) is 1.77. The summed E-state index contributed by atoms with van der Waals surface area (Å²) in [6.07, 6.45) is 9.90. The second-order valence-electron chi connectivity index (χ2n) is 7.18. The average Bonchev–Trinajstić information content (AvgIpc) is 3.19. The molecule has 9 heteroatoms. The van der Waals surface area contributed by atoms with Crippen LogP contribution >= 0.6 is 0 Å². The number of nitrogens with one attached hydrogen (secondary N) is 3. The Kier molecular flexibility index (Phi) is 6.16. The second kappa shape index (κ2) is 9.34. The molecule has 0 unspecified atom stereocenters. The molecule has 1 aliphatic carbocycles. The van der Waals surface area contributed by atoms with E-state index in [2.05, 4.69) is 32.6 Å². The Morgan fingerprint density at radius 1 is 1.28 bits per heavy atom. The Morgan fingerprint density at radius 3 is 2.91 bits per heavy atom. The fourth-order valence-electron chi connectivity index (χ4n) is 3.21. The normalized spacial score (nSPS) is 12.9. The Morgan fingerprint density at radius 2 is 2.16 bits per heavy atom. The van der Waals surface area contributed by atoms with Gasteiger partial charge >= 0.3 is 0 Å². The van der Waals surface area contributed by atoms with Crippen molar-refractivity contribution in [3.63, 3.8) is 0 Å². The molecular weight excluding hydrogens is 411 g/mol. The van der Waals surface area contributed by atoms with Gasteiger partial charge in [0, 0.05) is 19.2 Å². The van der Waals surface area contributed by atoms with Crippen LogP contribution in [0.3, 0.4) is 0 Å². The van der Waals surface area contributed by atoms with E-state index >= 15 is 0 Å². The minimum absolute atomic E-state index is 0.163. The predicted molar refractivity (Wildman–Crippen MR) is 121 cm³/mol. The van der Waals surface area contributed by atoms with Gasteiger partial charge in [-0.1, -0.05) is 24.8 Å². The number of allylic oxidation sites excluding steroid dienone is 3. The zero-order chi connectivity index (χ0) is 22.5. The Bertz CT molecular complexity index is 1230. The molecule has 1 aliphatic rings. The summed E-state index contributed by atoms with van der Waals surface area (Å²) in [4.78, 5) is 16.5. The van der Waals surface area contributed by atoms with Crippen LogP contribution in [-0.4, -0.2) is 27.6 Å². The van der Waals surface area contributed by atoms with Crippen molar-refractivity contribution in [1.29, 1.82) is 0 Å². The van der Waals surface area contributed by atoms with Crippen LogP contribution < -0.4 is 20.7 Å². The third-order valence-electron chi connectivity index (χ3n) is 4.73. The van der Waals surface area contributed by atoms with Crippen LogP contribution in [0, 0.1) is 5.82 Å². The number of carbonyl (C=O) groups excluding carboxylic acids is 1. The van der Waals surface area contributed by atoms with Gasteiger partial charge in [0.2, 0.25) is 11.8 Å². The van der Waals surface area contributed by atoms with E-state index in [9.17, 15) is 9.18 Å². The SMILES string of the molecule is C=C(NC(=O)CC1=CCCC=C1)Nc1ccc(Oc2ccc3nc(NC)cn3n2)cc1F. The lowest BCUT2D eigenvalue weighted by molar-refractivity contribution is -0.119. The van der Waals surface area contributed by atoms with Crippen molar-refractivity contribution in [1.82, 2.24) is 19.9 Å². The largest absolute Gasteiger partial charge is 0.437 e. The summed E-state index contributed by atoms with van der Waals surface area (Å²) in [5.41, 5.74) is 1.78. The zero-order valence-corrected chi connectivity index (χ0v) is 17.6. The molecular formula is C23H23FN6O2. The minimum Gasteiger partial charge on any atom is -0.437 e. The minimum atomic E-state index is -0.558. The highest BCUT2D eigenvalue weighted by Gasteiger charge is 2.11. The number of imidazole rings is 1. The van der Waals surface area contributed by atoms with E-state index in [1.54, 1.807) is 36.0 Å². The number of hydrogen-bond donors (Lipinski definition) is 3. The highest BCUT2D eigenvalue weighted by molar-refractivity contribution is 5.81. The van der Waals surface area contributed by atoms with Gasteiger partial charge in [0.05, 0.1) is 18.3 Å². The van der Waals surface area contributed by atoms with E-state index in [1.807, 2.05) is 18.2 Å². The number of benzene rings is 1. The van der Waals surface area contributed by atoms with Gasteiger partial charge in [0.15, 0.2) is 5.65 Å². The lowest BCUT2D eigenvalue weighted by Gasteiger charge is -2.13. The molecule has 1 amide bonds. The number of rotatable bonds is 8. The summed E-state index contributed by atoms with van der Waals surface area (Å²) in [5, 5.41) is 12.7. The molecule has 4 rings (SSSR count). The van der Waals surface area contributed by atoms with Gasteiger partial charge in [-0.25, -0.2) is 13.9 Å². The number of carbonyl (C=O) groups is 1. The fraction of sp³-hybridized carbons (Fsp3) is 0.174. The standard InChI is InChI=1S/C23H23FN6O2/c1-15(27-22(31)12-16-6-4-3-5-7-16)26-19-9-8-17(13-18(19)24)32-23-11-10-21-28-20(25-2)14-30(21)29-23/h4,6-11,13-14,25-26H,1,3,5,12H2,2H3,(H,27,31). The topological polar surface area (TPSA) is 92.6 Å². The number of anilines is 2. The molecule has 2 aromatic heterocycles. The average molecular weight is 434 g/mol. The first-order valence-corrected chi connectivity index (χ1v) is 10.1. The molecule has 3 aromatic rings. The van der Waals surface area contributed by atoms with Crippen molar-refractivity contribution < 1.29 is 13.9 Å². The summed E-state index contributed by atoms with van der Waals surface area (Å²) in [6.45, 7) is 3.75. The zero-order valence-electron chi connectivity index (χ0n) is 17.6. The van der Waals surface area contributed by atoms with E-state index in [0.717, 1.165) is 18.4 Å². The van der Waals surface area contributed by atoms with Crippen LogP contribution in [0.1, 0.15) is 19.3 Å². The number of halogens is 1. The van der Waals surface area contributed by atoms with Gasteiger partial charge in [-0.2, -0.15) is 0 Å². The molecule has 2 heterocycles. The first-order valence-electron chi connectivity index (χ1n) is 10.1. The molecule has 3 N–H and O–H groups in total. The molecule has 0 spiro atoms. The highest BCUT2D eigenvalue weighted by atomic mass is 19.1. The van der Waals surface area contributed by atoms with E-state index in [-0.39, 0.29) is 29.6 Å². The van der Waals surface area contributed by atoms with E-state index < -0.39 is 5.82 Å². The number of aromatic nitrogens is 3. The van der Waals surface area contributed by atoms with Crippen LogP contribution in [-0.2, 0) is 4.79 Å². The number of nitrogens with zero attached hydrogens (tertiary/aromatic N) is 3. The number of fused-ring (bicyclic) bond motifs is 1. The van der Waals surface area contributed by atoms with E-state index in [1.165, 1.54) is 12.1 Å². The van der Waals surface area contributed by atoms with Crippen LogP contribution in [0.4, 0.5) is 15.9 Å². The molecule has 0 fully saturated rings. The van der Waals surface area contributed by atoms with E-state index in [0.29, 0.717) is 17.3 Å². The fourth-order valence-corrected chi connectivity index (χ4v) is 3.21. The summed E-state index contributed by atoms with van der Waals surface area (Å²) in [6, 6.07) is 7.73. The van der Waals surface area contributed by atoms with Crippen molar-refractivity contribution in [2.45, 2.75) is 19.3 Å². The van der Waals surface area contributed by atoms with Crippen LogP contribution in [0.15, 0.2) is 72.7 Å². The Hall–Kier alpha value is -4.14. The molecule has 32 heavy (non-hydrogen) atoms. The van der Waals surface area contributed by atoms with Gasteiger partial charge in [0.1, 0.15) is 23.2 Å². The summed E-state index contributed by atoms with van der Waals surface area (Å²) >= 11 is 0. The molecule has 1 aromatic carbocycles. The Balaban J connectivity index is 1.36. The van der Waals surface area contributed by atoms with Gasteiger partial charge < -0.3 is 20.7 Å². The maximum Gasteiger partial charge on any atom is 0.237 e. The first kappa shape index (κ1) is 21.1. The smallest absolute Gasteiger partial charge is 0.237 e. The molecule has 0 saturated carbocycles. The monoisotopic (exact) mass is 434 g/mol. The Labute approximate surface area is 184 Å². The maximum absolute atomic E-state index is 14.6. The highest BCUT2D eigenvalue weighted by Crippen LogP contribution is 2.25. The van der Waals surface area contributed by atoms with Crippen molar-refractivity contribution in [2.24, 2.45) is 0 Å². The molecule has 8 nitrogen and oxygen atoms in total. The van der Waals surface area contributed by atoms with Crippen LogP contribution in [0.2, 0.25) is 0 Å². The summed E-state index contributed by atoms with van der Waals surface area (Å²) < 4.78 is 21.8. The van der Waals surface area contributed by atoms with Crippen molar-refractivity contribution in [3.05, 3.63) is 78.5 Å². The van der Waals surface area contributed by atoms with Gasteiger partial charge in [-0.05, 0) is 36.6 Å².